The van der Waals surface area contributed by atoms with Gasteiger partial charge in [-0.3, -0.25) is 0 Å². The fourth-order valence-electron chi connectivity index (χ4n) is 6.05. The molecule has 0 aromatic heterocycles. The standard InChI is InChI=1S/C16H28N2/c17-15(10-18-3-1-2-4-18)16-13-6-11-5-12(8-13)9-14(16)7-11/h11-16H,1-10,17H2. The van der Waals surface area contributed by atoms with E-state index in [2.05, 4.69) is 4.90 Å². The van der Waals surface area contributed by atoms with Crippen LogP contribution in [0.5, 0.6) is 0 Å². The quantitative estimate of drug-likeness (QED) is 0.831. The van der Waals surface area contributed by atoms with Crippen LogP contribution in [0.3, 0.4) is 0 Å². The van der Waals surface area contributed by atoms with Gasteiger partial charge in [-0.1, -0.05) is 0 Å². The van der Waals surface area contributed by atoms with Crippen LogP contribution >= 0.6 is 0 Å². The molecule has 1 aliphatic heterocycles. The molecule has 2 heteroatoms. The molecule has 102 valence electrons. The highest BCUT2D eigenvalue weighted by molar-refractivity contribution is 5.01. The van der Waals surface area contributed by atoms with E-state index in [0.29, 0.717) is 6.04 Å². The van der Waals surface area contributed by atoms with Gasteiger partial charge < -0.3 is 10.6 Å². The van der Waals surface area contributed by atoms with Gasteiger partial charge in [0.1, 0.15) is 0 Å². The van der Waals surface area contributed by atoms with Crippen LogP contribution in [0, 0.1) is 29.6 Å². The Bertz CT molecular complexity index is 280. The van der Waals surface area contributed by atoms with Gasteiger partial charge in [0.2, 0.25) is 0 Å². The van der Waals surface area contributed by atoms with Crippen molar-refractivity contribution < 1.29 is 0 Å². The van der Waals surface area contributed by atoms with Crippen LogP contribution in [-0.4, -0.2) is 30.6 Å². The Hall–Kier alpha value is -0.0800. The van der Waals surface area contributed by atoms with Crippen LogP contribution < -0.4 is 5.73 Å². The van der Waals surface area contributed by atoms with Crippen LogP contribution in [0.15, 0.2) is 0 Å². The zero-order valence-corrected chi connectivity index (χ0v) is 11.6. The molecule has 0 aromatic carbocycles. The van der Waals surface area contributed by atoms with Crippen LogP contribution in [-0.2, 0) is 0 Å². The monoisotopic (exact) mass is 248 g/mol. The molecule has 5 fully saturated rings. The van der Waals surface area contributed by atoms with Crippen LogP contribution in [0.25, 0.3) is 0 Å². The average molecular weight is 248 g/mol. The van der Waals surface area contributed by atoms with E-state index in [0.717, 1.165) is 29.6 Å². The lowest BCUT2D eigenvalue weighted by atomic mass is 9.50. The predicted octanol–water partition coefficient (Wildman–Crippen LogP) is 2.48. The van der Waals surface area contributed by atoms with E-state index >= 15 is 0 Å². The summed E-state index contributed by atoms with van der Waals surface area (Å²) < 4.78 is 0. The van der Waals surface area contributed by atoms with Gasteiger partial charge in [0, 0.05) is 12.6 Å². The molecule has 18 heavy (non-hydrogen) atoms. The summed E-state index contributed by atoms with van der Waals surface area (Å²) in [5.41, 5.74) is 6.64. The molecule has 0 aromatic rings. The Balaban J connectivity index is 1.44. The average Bonchev–Trinajstić information content (AvgIpc) is 2.80. The van der Waals surface area contributed by atoms with Gasteiger partial charge in [-0.25, -0.2) is 0 Å². The van der Waals surface area contributed by atoms with E-state index in [1.54, 1.807) is 6.42 Å². The minimum absolute atomic E-state index is 0.470. The fourth-order valence-corrected chi connectivity index (χ4v) is 6.05. The molecule has 5 rings (SSSR count). The largest absolute Gasteiger partial charge is 0.326 e. The van der Waals surface area contributed by atoms with Gasteiger partial charge in [0.05, 0.1) is 0 Å². The first-order valence-corrected chi connectivity index (χ1v) is 8.27. The number of nitrogens with zero attached hydrogens (tertiary/aromatic N) is 1. The van der Waals surface area contributed by atoms with Crippen molar-refractivity contribution in [3.05, 3.63) is 0 Å². The van der Waals surface area contributed by atoms with Crippen molar-refractivity contribution in [3.8, 4) is 0 Å². The zero-order chi connectivity index (χ0) is 12.1. The van der Waals surface area contributed by atoms with E-state index in [9.17, 15) is 0 Å². The lowest BCUT2D eigenvalue weighted by Gasteiger charge is -2.56. The van der Waals surface area contributed by atoms with Crippen molar-refractivity contribution >= 4 is 0 Å². The van der Waals surface area contributed by atoms with Gasteiger partial charge in [0.15, 0.2) is 0 Å². The molecule has 1 saturated heterocycles. The van der Waals surface area contributed by atoms with Gasteiger partial charge in [0.25, 0.3) is 0 Å². The number of likely N-dealkylation sites (tertiary alicyclic amines) is 1. The number of rotatable bonds is 3. The molecule has 1 heterocycles. The second-order valence-electron chi connectivity index (χ2n) is 7.68. The molecule has 0 amide bonds. The molecule has 1 atom stereocenters. The first kappa shape index (κ1) is 11.7. The molecule has 4 saturated carbocycles. The lowest BCUT2D eigenvalue weighted by molar-refractivity contribution is -0.0496. The molecule has 2 nitrogen and oxygen atoms in total. The Morgan fingerprint density at radius 3 is 2.00 bits per heavy atom. The number of hydrogen-bond acceptors (Lipinski definition) is 2. The van der Waals surface area contributed by atoms with Gasteiger partial charge in [-0.05, 0) is 87.6 Å². The van der Waals surface area contributed by atoms with Crippen molar-refractivity contribution in [3.63, 3.8) is 0 Å². The first-order chi connectivity index (χ1) is 8.79. The molecule has 2 N–H and O–H groups in total. The maximum atomic E-state index is 6.64. The fraction of sp³-hybridized carbons (Fsp3) is 1.00. The molecule has 0 radical (unpaired) electrons. The third kappa shape index (κ3) is 1.92. The van der Waals surface area contributed by atoms with E-state index in [1.807, 2.05) is 0 Å². The molecule has 0 spiro atoms. The van der Waals surface area contributed by atoms with Crippen LogP contribution in [0.1, 0.15) is 44.9 Å². The summed E-state index contributed by atoms with van der Waals surface area (Å²) >= 11 is 0. The van der Waals surface area contributed by atoms with E-state index < -0.39 is 0 Å². The summed E-state index contributed by atoms with van der Waals surface area (Å²) in [4.78, 5) is 2.62. The van der Waals surface area contributed by atoms with Crippen molar-refractivity contribution in [1.29, 1.82) is 0 Å². The third-order valence-electron chi connectivity index (χ3n) is 6.46. The second-order valence-corrected chi connectivity index (χ2v) is 7.68. The highest BCUT2D eigenvalue weighted by Gasteiger charge is 2.49. The highest BCUT2D eigenvalue weighted by Crippen LogP contribution is 2.57. The van der Waals surface area contributed by atoms with E-state index in [-0.39, 0.29) is 0 Å². The lowest BCUT2D eigenvalue weighted by Crippen LogP contribution is -2.54. The normalized spacial score (nSPS) is 48.8. The molecule has 1 unspecified atom stereocenters. The summed E-state index contributed by atoms with van der Waals surface area (Å²) in [7, 11) is 0. The molecular weight excluding hydrogens is 220 g/mol. The smallest absolute Gasteiger partial charge is 0.0201 e. The second kappa shape index (κ2) is 4.49. The Morgan fingerprint density at radius 2 is 1.44 bits per heavy atom. The Labute approximate surface area is 111 Å². The van der Waals surface area contributed by atoms with Crippen LogP contribution in [0.2, 0.25) is 0 Å². The number of nitrogens with two attached hydrogens (primary N) is 1. The minimum Gasteiger partial charge on any atom is -0.326 e. The van der Waals surface area contributed by atoms with Gasteiger partial charge >= 0.3 is 0 Å². The van der Waals surface area contributed by atoms with E-state index in [4.69, 9.17) is 5.73 Å². The summed E-state index contributed by atoms with van der Waals surface area (Å²) in [6, 6.07) is 0.470. The molecule has 5 aliphatic rings. The van der Waals surface area contributed by atoms with Crippen molar-refractivity contribution in [1.82, 2.24) is 4.90 Å². The predicted molar refractivity (Wildman–Crippen MR) is 74.2 cm³/mol. The van der Waals surface area contributed by atoms with Gasteiger partial charge in [-0.15, -0.1) is 0 Å². The molecule has 4 aliphatic carbocycles. The highest BCUT2D eigenvalue weighted by atomic mass is 15.1. The van der Waals surface area contributed by atoms with Crippen molar-refractivity contribution in [2.45, 2.75) is 51.0 Å². The Kier molecular flexibility index (Phi) is 2.92. The molecule has 4 bridgehead atoms. The first-order valence-electron chi connectivity index (χ1n) is 8.27. The molecular formula is C16H28N2. The van der Waals surface area contributed by atoms with Crippen molar-refractivity contribution in [2.75, 3.05) is 19.6 Å². The SMILES string of the molecule is NC(CN1CCCC1)C1C2CC3CC(C2)CC1C3. The summed E-state index contributed by atoms with van der Waals surface area (Å²) in [5, 5.41) is 0. The maximum Gasteiger partial charge on any atom is 0.0201 e. The third-order valence-corrected chi connectivity index (χ3v) is 6.46. The summed E-state index contributed by atoms with van der Waals surface area (Å²) in [6.45, 7) is 3.80. The topological polar surface area (TPSA) is 29.3 Å². The van der Waals surface area contributed by atoms with Gasteiger partial charge in [-0.2, -0.15) is 0 Å². The Morgan fingerprint density at radius 1 is 0.889 bits per heavy atom. The van der Waals surface area contributed by atoms with Crippen molar-refractivity contribution in [2.24, 2.45) is 35.3 Å². The number of hydrogen-bond donors (Lipinski definition) is 1. The van der Waals surface area contributed by atoms with Crippen LogP contribution in [0.4, 0.5) is 0 Å². The summed E-state index contributed by atoms with van der Waals surface area (Å²) in [5.74, 6) is 5.04. The summed E-state index contributed by atoms with van der Waals surface area (Å²) in [6.07, 6.45) is 10.4. The minimum atomic E-state index is 0.470. The van der Waals surface area contributed by atoms with E-state index in [1.165, 1.54) is 58.2 Å². The maximum absolute atomic E-state index is 6.64. The zero-order valence-electron chi connectivity index (χ0n) is 11.6.